The number of aliphatic hydroxyl groups is 1. The average Bonchev–Trinajstić information content (AvgIpc) is 2.88. The Morgan fingerprint density at radius 3 is 2.63 bits per heavy atom. The molecule has 7 nitrogen and oxygen atoms in total. The number of esters is 1. The van der Waals surface area contributed by atoms with E-state index in [1.807, 2.05) is 12.1 Å². The zero-order valence-electron chi connectivity index (χ0n) is 14.5. The Kier molecular flexibility index (Phi) is 5.68. The summed E-state index contributed by atoms with van der Waals surface area (Å²) in [5, 5.41) is 13.0. The van der Waals surface area contributed by atoms with Gasteiger partial charge < -0.3 is 9.84 Å². The van der Waals surface area contributed by atoms with Gasteiger partial charge in [0, 0.05) is 11.1 Å². The van der Waals surface area contributed by atoms with E-state index in [2.05, 4.69) is 25.2 Å². The maximum Gasteiger partial charge on any atom is 0.356 e. The number of para-hydroxylation sites is 1. The number of carbonyl (C=O) groups excluding carboxylic acids is 1. The van der Waals surface area contributed by atoms with E-state index in [4.69, 9.17) is 0 Å². The molecule has 0 saturated carbocycles. The lowest BCUT2D eigenvalue weighted by Gasteiger charge is -2.08. The lowest BCUT2D eigenvalue weighted by Crippen LogP contribution is -2.27. The molecule has 0 fully saturated rings. The van der Waals surface area contributed by atoms with Crippen molar-refractivity contribution in [2.24, 2.45) is 15.1 Å². The normalized spacial score (nSPS) is 13.8. The Morgan fingerprint density at radius 2 is 1.93 bits per heavy atom. The number of aliphatic imine (C=N–C) groups is 2. The number of ether oxygens (including phenoxy) is 1. The van der Waals surface area contributed by atoms with E-state index in [0.717, 1.165) is 0 Å². The SMILES string of the molecule is COC(=O)C(CO)=NNC1=Nc2ccccc2C(c2ccccc2F)=NC1. The van der Waals surface area contributed by atoms with Gasteiger partial charge in [-0.1, -0.05) is 30.3 Å². The highest BCUT2D eigenvalue weighted by Gasteiger charge is 2.18. The molecule has 138 valence electrons. The summed E-state index contributed by atoms with van der Waals surface area (Å²) in [5.74, 6) is -0.799. The average molecular weight is 368 g/mol. The Labute approximate surface area is 154 Å². The van der Waals surface area contributed by atoms with Crippen LogP contribution in [0.1, 0.15) is 11.1 Å². The maximum absolute atomic E-state index is 14.3. The number of nitrogens with zero attached hydrogens (tertiary/aromatic N) is 3. The number of amidine groups is 1. The Hall–Kier alpha value is -3.39. The van der Waals surface area contributed by atoms with Gasteiger partial charge in [0.05, 0.1) is 31.7 Å². The van der Waals surface area contributed by atoms with E-state index >= 15 is 0 Å². The number of hydrogen-bond donors (Lipinski definition) is 2. The Bertz CT molecular complexity index is 953. The molecule has 1 aliphatic rings. The molecule has 0 atom stereocenters. The maximum atomic E-state index is 14.3. The number of carbonyl (C=O) groups is 1. The fourth-order valence-electron chi connectivity index (χ4n) is 2.53. The number of halogens is 1. The van der Waals surface area contributed by atoms with Gasteiger partial charge in [-0.15, -0.1) is 0 Å². The van der Waals surface area contributed by atoms with Crippen molar-refractivity contribution < 1.29 is 19.0 Å². The van der Waals surface area contributed by atoms with Crippen molar-refractivity contribution in [2.75, 3.05) is 20.3 Å². The molecule has 2 aromatic rings. The Morgan fingerprint density at radius 1 is 1.22 bits per heavy atom. The van der Waals surface area contributed by atoms with Crippen LogP contribution in [0.25, 0.3) is 0 Å². The molecule has 0 saturated heterocycles. The minimum Gasteiger partial charge on any atom is -0.464 e. The molecule has 0 unspecified atom stereocenters. The van der Waals surface area contributed by atoms with E-state index in [1.165, 1.54) is 13.2 Å². The lowest BCUT2D eigenvalue weighted by molar-refractivity contribution is -0.133. The second kappa shape index (κ2) is 8.33. The molecule has 0 spiro atoms. The molecular formula is C19H17FN4O3. The Balaban J connectivity index is 1.98. The fourth-order valence-corrected chi connectivity index (χ4v) is 2.53. The van der Waals surface area contributed by atoms with Crippen molar-refractivity contribution in [3.63, 3.8) is 0 Å². The summed E-state index contributed by atoms with van der Waals surface area (Å²) in [6, 6.07) is 13.6. The molecule has 0 radical (unpaired) electrons. The number of methoxy groups -OCH3 is 1. The van der Waals surface area contributed by atoms with Crippen LogP contribution in [0.2, 0.25) is 0 Å². The van der Waals surface area contributed by atoms with Crippen molar-refractivity contribution in [3.8, 4) is 0 Å². The van der Waals surface area contributed by atoms with Crippen molar-refractivity contribution in [3.05, 3.63) is 65.5 Å². The predicted molar refractivity (Wildman–Crippen MR) is 100 cm³/mol. The topological polar surface area (TPSA) is 95.6 Å². The van der Waals surface area contributed by atoms with Gasteiger partial charge in [-0.2, -0.15) is 5.10 Å². The van der Waals surface area contributed by atoms with Crippen LogP contribution in [0.3, 0.4) is 0 Å². The third kappa shape index (κ3) is 4.06. The summed E-state index contributed by atoms with van der Waals surface area (Å²) in [5.41, 5.74) is 4.54. The minimum absolute atomic E-state index is 0.0850. The van der Waals surface area contributed by atoms with Crippen molar-refractivity contribution in [2.45, 2.75) is 0 Å². The molecule has 8 heteroatoms. The second-order valence-corrected chi connectivity index (χ2v) is 5.54. The first-order valence-electron chi connectivity index (χ1n) is 8.12. The van der Waals surface area contributed by atoms with Gasteiger partial charge in [0.25, 0.3) is 0 Å². The van der Waals surface area contributed by atoms with Gasteiger partial charge in [0.2, 0.25) is 0 Å². The fraction of sp³-hybridized carbons (Fsp3) is 0.158. The molecule has 0 aliphatic carbocycles. The zero-order valence-corrected chi connectivity index (χ0v) is 14.5. The standard InChI is InChI=1S/C19H17FN4O3/c1-27-19(26)16(11-25)23-24-17-10-21-18(12-6-2-4-8-14(12)20)13-7-3-5-9-15(13)22-17/h2-9,25H,10-11H2,1H3,(H,22,24). The summed E-state index contributed by atoms with van der Waals surface area (Å²) < 4.78 is 18.8. The minimum atomic E-state index is -0.754. The van der Waals surface area contributed by atoms with Crippen molar-refractivity contribution >= 4 is 28.9 Å². The molecule has 2 N–H and O–H groups in total. The highest BCUT2D eigenvalue weighted by atomic mass is 19.1. The third-order valence-corrected chi connectivity index (χ3v) is 3.82. The number of hydrazone groups is 1. The first-order valence-corrected chi connectivity index (χ1v) is 8.12. The molecule has 0 aromatic heterocycles. The number of hydrogen-bond acceptors (Lipinski definition) is 7. The quantitative estimate of drug-likeness (QED) is 0.489. The number of fused-ring (bicyclic) bond motifs is 1. The monoisotopic (exact) mass is 368 g/mol. The van der Waals surface area contributed by atoms with Gasteiger partial charge in [-0.3, -0.25) is 10.4 Å². The van der Waals surface area contributed by atoms with Gasteiger partial charge in [0.15, 0.2) is 5.71 Å². The summed E-state index contributed by atoms with van der Waals surface area (Å²) >= 11 is 0. The van der Waals surface area contributed by atoms with Crippen LogP contribution in [-0.2, 0) is 9.53 Å². The molecule has 1 aliphatic heterocycles. The smallest absolute Gasteiger partial charge is 0.356 e. The first kappa shape index (κ1) is 18.4. The van der Waals surface area contributed by atoms with Crippen molar-refractivity contribution in [1.82, 2.24) is 5.43 Å². The largest absolute Gasteiger partial charge is 0.464 e. The van der Waals surface area contributed by atoms with E-state index < -0.39 is 12.6 Å². The lowest BCUT2D eigenvalue weighted by atomic mass is 10.0. The molecule has 1 heterocycles. The molecule has 3 rings (SSSR count). The zero-order chi connectivity index (χ0) is 19.2. The number of benzene rings is 2. The van der Waals surface area contributed by atoms with E-state index in [1.54, 1.807) is 30.3 Å². The number of nitrogens with one attached hydrogen (secondary N) is 1. The highest BCUT2D eigenvalue weighted by molar-refractivity contribution is 6.37. The van der Waals surface area contributed by atoms with E-state index in [0.29, 0.717) is 28.4 Å². The van der Waals surface area contributed by atoms with Crippen LogP contribution in [0, 0.1) is 5.82 Å². The van der Waals surface area contributed by atoms with Gasteiger partial charge in [-0.25, -0.2) is 14.2 Å². The van der Waals surface area contributed by atoms with Gasteiger partial charge in [0.1, 0.15) is 11.7 Å². The molecule has 27 heavy (non-hydrogen) atoms. The van der Waals surface area contributed by atoms with E-state index in [-0.39, 0.29) is 18.1 Å². The summed E-state index contributed by atoms with van der Waals surface area (Å²) in [6.07, 6.45) is 0. The third-order valence-electron chi connectivity index (χ3n) is 3.82. The van der Waals surface area contributed by atoms with Crippen LogP contribution < -0.4 is 5.43 Å². The number of aliphatic hydroxyl groups excluding tert-OH is 1. The van der Waals surface area contributed by atoms with Crippen LogP contribution in [0.4, 0.5) is 10.1 Å². The number of rotatable bonds is 4. The highest BCUT2D eigenvalue weighted by Crippen LogP contribution is 2.25. The predicted octanol–water partition coefficient (Wildman–Crippen LogP) is 1.82. The summed E-state index contributed by atoms with van der Waals surface area (Å²) in [7, 11) is 1.19. The van der Waals surface area contributed by atoms with Crippen LogP contribution in [0.15, 0.2) is 63.6 Å². The van der Waals surface area contributed by atoms with E-state index in [9.17, 15) is 14.3 Å². The van der Waals surface area contributed by atoms with Crippen molar-refractivity contribution in [1.29, 1.82) is 0 Å². The van der Waals surface area contributed by atoms with Crippen LogP contribution in [0.5, 0.6) is 0 Å². The first-order chi connectivity index (χ1) is 13.1. The van der Waals surface area contributed by atoms with Crippen LogP contribution >= 0.6 is 0 Å². The molecule has 2 aromatic carbocycles. The van der Waals surface area contributed by atoms with Gasteiger partial charge >= 0.3 is 5.97 Å². The van der Waals surface area contributed by atoms with Crippen LogP contribution in [-0.4, -0.2) is 48.6 Å². The summed E-state index contributed by atoms with van der Waals surface area (Å²) in [4.78, 5) is 20.4. The second-order valence-electron chi connectivity index (χ2n) is 5.54. The molecular weight excluding hydrogens is 351 g/mol. The molecule has 0 amide bonds. The van der Waals surface area contributed by atoms with Gasteiger partial charge in [-0.05, 0) is 18.2 Å². The molecule has 0 bridgehead atoms. The summed E-state index contributed by atoms with van der Waals surface area (Å²) in [6.45, 7) is -0.505.